The van der Waals surface area contributed by atoms with E-state index in [0.29, 0.717) is 16.2 Å². The fraction of sp³-hybridized carbons (Fsp3) is 0.625. The summed E-state index contributed by atoms with van der Waals surface area (Å²) in [7, 11) is 0. The Morgan fingerprint density at radius 1 is 0.808 bits per heavy atom. The van der Waals surface area contributed by atoms with Gasteiger partial charge in [-0.15, -0.1) is 0 Å². The summed E-state index contributed by atoms with van der Waals surface area (Å²) in [6.07, 6.45) is 7.45. The molecule has 4 aliphatic rings. The lowest BCUT2D eigenvalue weighted by molar-refractivity contribution is 0.0382. The third kappa shape index (κ3) is 2.27. The number of rotatable bonds is 1. The third-order valence-corrected chi connectivity index (χ3v) is 7.11. The monoisotopic (exact) mass is 348 g/mol. The standard InChI is InChI=1S/C24H32N2/c1-21(2)11-17-12-23(5)14-22(3,4)15-24(16-23)20(17)19(13-21)25-26(24)18-9-7-6-8-10-18/h6-10H,11-16H2,1-5H3. The zero-order valence-electron chi connectivity index (χ0n) is 17.0. The molecule has 1 aliphatic heterocycles. The van der Waals surface area contributed by atoms with E-state index in [-0.39, 0.29) is 5.54 Å². The molecule has 1 aromatic rings. The molecule has 138 valence electrons. The Hall–Kier alpha value is -1.57. The largest absolute Gasteiger partial charge is 0.255 e. The molecule has 1 saturated carbocycles. The molecule has 26 heavy (non-hydrogen) atoms. The lowest BCUT2D eigenvalue weighted by Gasteiger charge is -2.59. The van der Waals surface area contributed by atoms with Crippen molar-refractivity contribution >= 4 is 11.4 Å². The maximum absolute atomic E-state index is 5.32. The van der Waals surface area contributed by atoms with Crippen LogP contribution in [0.4, 0.5) is 5.69 Å². The average molecular weight is 349 g/mol. The van der Waals surface area contributed by atoms with Gasteiger partial charge in [0.15, 0.2) is 0 Å². The van der Waals surface area contributed by atoms with E-state index in [1.54, 1.807) is 11.1 Å². The smallest absolute Gasteiger partial charge is 0.0911 e. The molecule has 2 bridgehead atoms. The van der Waals surface area contributed by atoms with E-state index in [2.05, 4.69) is 70.0 Å². The first kappa shape index (κ1) is 16.6. The van der Waals surface area contributed by atoms with Gasteiger partial charge in [-0.1, -0.05) is 58.4 Å². The minimum atomic E-state index is 0.0806. The van der Waals surface area contributed by atoms with E-state index >= 15 is 0 Å². The van der Waals surface area contributed by atoms with Gasteiger partial charge >= 0.3 is 0 Å². The Morgan fingerprint density at radius 2 is 1.54 bits per heavy atom. The average Bonchev–Trinajstić information content (AvgIpc) is 2.76. The van der Waals surface area contributed by atoms with Crippen molar-refractivity contribution in [3.05, 3.63) is 41.5 Å². The maximum Gasteiger partial charge on any atom is 0.0911 e. The summed E-state index contributed by atoms with van der Waals surface area (Å²) in [4.78, 5) is 0. The predicted molar refractivity (Wildman–Crippen MR) is 109 cm³/mol. The van der Waals surface area contributed by atoms with E-state index in [9.17, 15) is 0 Å². The zero-order chi connectivity index (χ0) is 18.4. The fourth-order valence-corrected chi connectivity index (χ4v) is 7.31. The van der Waals surface area contributed by atoms with Crippen LogP contribution in [0.2, 0.25) is 0 Å². The molecule has 0 N–H and O–H groups in total. The van der Waals surface area contributed by atoms with Crippen molar-refractivity contribution in [3.63, 3.8) is 0 Å². The highest BCUT2D eigenvalue weighted by atomic mass is 15.5. The Morgan fingerprint density at radius 3 is 2.27 bits per heavy atom. The van der Waals surface area contributed by atoms with Crippen LogP contribution in [0, 0.1) is 16.2 Å². The van der Waals surface area contributed by atoms with Crippen LogP contribution >= 0.6 is 0 Å². The zero-order valence-corrected chi connectivity index (χ0v) is 17.0. The fourth-order valence-electron chi connectivity index (χ4n) is 7.31. The molecule has 1 spiro atoms. The summed E-state index contributed by atoms with van der Waals surface area (Å²) < 4.78 is 0. The normalized spacial score (nSPS) is 36.7. The topological polar surface area (TPSA) is 15.6 Å². The van der Waals surface area contributed by atoms with Crippen molar-refractivity contribution < 1.29 is 0 Å². The molecule has 0 radical (unpaired) electrons. The third-order valence-electron chi connectivity index (χ3n) is 7.11. The SMILES string of the molecule is CC1(C)CC2=NN(c3ccccc3)C34CC(C)(C)CC(C)(CC(=C23)C1)C4. The van der Waals surface area contributed by atoms with Crippen molar-refractivity contribution in [3.8, 4) is 0 Å². The summed E-state index contributed by atoms with van der Waals surface area (Å²) in [5.74, 6) is 0. The van der Waals surface area contributed by atoms with E-state index in [0.717, 1.165) is 6.42 Å². The van der Waals surface area contributed by atoms with Gasteiger partial charge in [-0.3, -0.25) is 5.01 Å². The summed E-state index contributed by atoms with van der Waals surface area (Å²) in [6.45, 7) is 12.3. The maximum atomic E-state index is 5.32. The van der Waals surface area contributed by atoms with Crippen LogP contribution in [0.3, 0.4) is 0 Å². The van der Waals surface area contributed by atoms with Crippen LogP contribution < -0.4 is 5.01 Å². The molecule has 1 heterocycles. The lowest BCUT2D eigenvalue weighted by Crippen LogP contribution is -2.58. The van der Waals surface area contributed by atoms with Gasteiger partial charge in [-0.2, -0.15) is 5.10 Å². The molecule has 1 aromatic carbocycles. The molecule has 5 rings (SSSR count). The van der Waals surface area contributed by atoms with Crippen molar-refractivity contribution in [1.82, 2.24) is 0 Å². The van der Waals surface area contributed by atoms with E-state index < -0.39 is 0 Å². The van der Waals surface area contributed by atoms with Crippen molar-refractivity contribution in [1.29, 1.82) is 0 Å². The molecular weight excluding hydrogens is 316 g/mol. The first-order valence-corrected chi connectivity index (χ1v) is 10.3. The van der Waals surface area contributed by atoms with Crippen LogP contribution in [0.1, 0.15) is 73.1 Å². The Balaban J connectivity index is 1.75. The van der Waals surface area contributed by atoms with Gasteiger partial charge in [0.2, 0.25) is 0 Å². The van der Waals surface area contributed by atoms with Gasteiger partial charge in [0.1, 0.15) is 0 Å². The highest BCUT2D eigenvalue weighted by Gasteiger charge is 2.62. The molecular formula is C24H32N2. The second-order valence-corrected chi connectivity index (χ2v) is 11.4. The number of hydrazone groups is 1. The second kappa shape index (κ2) is 4.82. The van der Waals surface area contributed by atoms with Crippen LogP contribution in [0.15, 0.2) is 46.6 Å². The molecule has 0 aromatic heterocycles. The van der Waals surface area contributed by atoms with E-state index in [1.165, 1.54) is 43.5 Å². The van der Waals surface area contributed by atoms with Crippen molar-refractivity contribution in [2.24, 2.45) is 21.3 Å². The quantitative estimate of drug-likeness (QED) is 0.578. The first-order chi connectivity index (χ1) is 12.1. The first-order valence-electron chi connectivity index (χ1n) is 10.3. The van der Waals surface area contributed by atoms with Gasteiger partial charge in [0.05, 0.1) is 16.9 Å². The lowest BCUT2D eigenvalue weighted by atomic mass is 9.48. The van der Waals surface area contributed by atoms with Crippen molar-refractivity contribution in [2.75, 3.05) is 5.01 Å². The minimum Gasteiger partial charge on any atom is -0.255 e. The van der Waals surface area contributed by atoms with Gasteiger partial charge in [0.25, 0.3) is 0 Å². The summed E-state index contributed by atoms with van der Waals surface area (Å²) in [5, 5.41) is 7.76. The molecule has 0 saturated heterocycles. The van der Waals surface area contributed by atoms with Gasteiger partial charge in [0, 0.05) is 5.57 Å². The number of hydrogen-bond acceptors (Lipinski definition) is 2. The molecule has 2 atom stereocenters. The number of benzene rings is 1. The van der Waals surface area contributed by atoms with Gasteiger partial charge < -0.3 is 0 Å². The van der Waals surface area contributed by atoms with E-state index in [4.69, 9.17) is 5.10 Å². The van der Waals surface area contributed by atoms with Gasteiger partial charge in [-0.25, -0.2) is 0 Å². The molecule has 2 nitrogen and oxygen atoms in total. The van der Waals surface area contributed by atoms with Crippen LogP contribution in [0.5, 0.6) is 0 Å². The van der Waals surface area contributed by atoms with Gasteiger partial charge in [-0.05, 0) is 66.9 Å². The summed E-state index contributed by atoms with van der Waals surface area (Å²) >= 11 is 0. The number of para-hydroxylation sites is 1. The molecule has 2 heteroatoms. The number of nitrogens with zero attached hydrogens (tertiary/aromatic N) is 2. The molecule has 1 fully saturated rings. The number of anilines is 1. The number of hydrogen-bond donors (Lipinski definition) is 0. The van der Waals surface area contributed by atoms with Crippen LogP contribution in [0.25, 0.3) is 0 Å². The summed E-state index contributed by atoms with van der Waals surface area (Å²) in [6, 6.07) is 10.9. The molecule has 3 aliphatic carbocycles. The molecule has 0 amide bonds. The number of fused-ring (bicyclic) bond motifs is 1. The van der Waals surface area contributed by atoms with Crippen LogP contribution in [-0.4, -0.2) is 11.3 Å². The second-order valence-electron chi connectivity index (χ2n) is 11.4. The van der Waals surface area contributed by atoms with E-state index in [1.807, 2.05) is 0 Å². The van der Waals surface area contributed by atoms with Crippen molar-refractivity contribution in [2.45, 2.75) is 78.7 Å². The Labute approximate surface area is 158 Å². The minimum absolute atomic E-state index is 0.0806. The Bertz CT molecular complexity index is 829. The van der Waals surface area contributed by atoms with Crippen LogP contribution in [-0.2, 0) is 0 Å². The Kier molecular flexibility index (Phi) is 3.08. The number of allylic oxidation sites excluding steroid dienone is 1. The highest BCUT2D eigenvalue weighted by Crippen LogP contribution is 2.65. The molecule has 2 unspecified atom stereocenters. The predicted octanol–water partition coefficient (Wildman–Crippen LogP) is 6.34. The highest BCUT2D eigenvalue weighted by molar-refractivity contribution is 6.08. The summed E-state index contributed by atoms with van der Waals surface area (Å²) in [5.41, 5.74) is 7.19.